The standard InChI is InChI=1S/C23H25N5O7S2/c1-23(2)17(21(31)32)28-19(30)16(20(28)36-23)26-18(29)15(12-7-4-3-5-8-12)27-22(33)25-13-9-6-10-14(11-13)37(24,34)35/h3-11,15-17,20H,1-2H3,(H,26,29)(H,31,32)(H2,24,34,35)(H2,25,27,33)/t15-,16-,17+,20-/m1/s1. The highest BCUT2D eigenvalue weighted by Crippen LogP contribution is 2.50. The molecule has 0 unspecified atom stereocenters. The van der Waals surface area contributed by atoms with Crippen molar-refractivity contribution >= 4 is 51.3 Å². The summed E-state index contributed by atoms with van der Waals surface area (Å²) in [5.41, 5.74) is 0.560. The van der Waals surface area contributed by atoms with Crippen LogP contribution in [0.3, 0.4) is 0 Å². The molecule has 2 saturated heterocycles. The molecule has 14 heteroatoms. The third-order valence-corrected chi connectivity index (χ3v) is 8.55. The summed E-state index contributed by atoms with van der Waals surface area (Å²) < 4.78 is 22.4. The third-order valence-electron chi connectivity index (χ3n) is 6.06. The molecule has 2 aliphatic rings. The molecule has 196 valence electrons. The fourth-order valence-corrected chi connectivity index (χ4v) is 6.56. The molecule has 0 bridgehead atoms. The van der Waals surface area contributed by atoms with Gasteiger partial charge in [-0.15, -0.1) is 11.8 Å². The summed E-state index contributed by atoms with van der Waals surface area (Å²) in [6.07, 6.45) is 0. The molecule has 0 radical (unpaired) electrons. The zero-order valence-electron chi connectivity index (χ0n) is 19.7. The van der Waals surface area contributed by atoms with Gasteiger partial charge in [0.05, 0.1) is 4.90 Å². The van der Waals surface area contributed by atoms with Crippen molar-refractivity contribution in [2.75, 3.05) is 5.32 Å². The Labute approximate surface area is 217 Å². The summed E-state index contributed by atoms with van der Waals surface area (Å²) in [6, 6.07) is 9.62. The highest BCUT2D eigenvalue weighted by molar-refractivity contribution is 8.01. The Morgan fingerprint density at radius 2 is 1.78 bits per heavy atom. The Hall–Kier alpha value is -3.62. The highest BCUT2D eigenvalue weighted by atomic mass is 32.2. The molecular weight excluding hydrogens is 522 g/mol. The van der Waals surface area contributed by atoms with Gasteiger partial charge in [-0.25, -0.2) is 23.1 Å². The predicted octanol–water partition coefficient (Wildman–Crippen LogP) is 0.829. The van der Waals surface area contributed by atoms with Gasteiger partial charge in [-0.2, -0.15) is 0 Å². The van der Waals surface area contributed by atoms with Gasteiger partial charge < -0.3 is 26.0 Å². The van der Waals surface area contributed by atoms with Crippen molar-refractivity contribution in [2.45, 2.75) is 47.0 Å². The van der Waals surface area contributed by atoms with E-state index in [0.29, 0.717) is 5.56 Å². The number of carboxylic acids is 1. The number of benzene rings is 2. The molecule has 2 aromatic rings. The minimum absolute atomic E-state index is 0.130. The van der Waals surface area contributed by atoms with E-state index in [1.54, 1.807) is 44.2 Å². The van der Waals surface area contributed by atoms with Gasteiger partial charge in [-0.3, -0.25) is 9.59 Å². The number of primary sulfonamides is 1. The largest absolute Gasteiger partial charge is 0.480 e. The molecule has 37 heavy (non-hydrogen) atoms. The summed E-state index contributed by atoms with van der Waals surface area (Å²) in [5, 5.41) is 21.8. The number of nitrogens with two attached hydrogens (primary N) is 1. The van der Waals surface area contributed by atoms with Crippen LogP contribution in [0.1, 0.15) is 25.5 Å². The first-order valence-corrected chi connectivity index (χ1v) is 13.5. The van der Waals surface area contributed by atoms with Gasteiger partial charge in [0.2, 0.25) is 21.8 Å². The molecule has 0 saturated carbocycles. The summed E-state index contributed by atoms with van der Waals surface area (Å²) in [5.74, 6) is -2.31. The average Bonchev–Trinajstić information content (AvgIpc) is 3.09. The zero-order valence-corrected chi connectivity index (χ0v) is 21.4. The molecule has 0 spiro atoms. The number of carbonyl (C=O) groups excluding carboxylic acids is 3. The molecule has 0 aliphatic carbocycles. The number of β-lactam (4-membered cyclic amide) rings is 1. The second-order valence-corrected chi connectivity index (χ2v) is 12.4. The molecule has 0 aromatic heterocycles. The zero-order chi connectivity index (χ0) is 27.1. The lowest BCUT2D eigenvalue weighted by atomic mass is 9.95. The Bertz CT molecular complexity index is 1370. The van der Waals surface area contributed by atoms with Crippen molar-refractivity contribution in [1.82, 2.24) is 15.5 Å². The van der Waals surface area contributed by atoms with Crippen LogP contribution in [0.15, 0.2) is 59.5 Å². The number of nitrogens with zero attached hydrogens (tertiary/aromatic N) is 1. The number of fused-ring (bicyclic) bond motifs is 1. The van der Waals surface area contributed by atoms with Crippen LogP contribution < -0.4 is 21.1 Å². The number of thioether (sulfide) groups is 1. The second kappa shape index (κ2) is 9.68. The van der Waals surface area contributed by atoms with Crippen LogP contribution >= 0.6 is 11.8 Å². The third kappa shape index (κ3) is 5.26. The van der Waals surface area contributed by atoms with E-state index in [2.05, 4.69) is 16.0 Å². The van der Waals surface area contributed by atoms with Crippen LogP contribution in [0.25, 0.3) is 0 Å². The molecule has 2 fully saturated rings. The molecule has 2 aliphatic heterocycles. The van der Waals surface area contributed by atoms with Gasteiger partial charge in [-0.05, 0) is 37.6 Å². The Morgan fingerprint density at radius 1 is 1.11 bits per heavy atom. The van der Waals surface area contributed by atoms with Crippen molar-refractivity contribution in [3.05, 3.63) is 60.2 Å². The maximum Gasteiger partial charge on any atom is 0.327 e. The van der Waals surface area contributed by atoms with E-state index < -0.39 is 62.1 Å². The monoisotopic (exact) mass is 547 g/mol. The van der Waals surface area contributed by atoms with Gasteiger partial charge in [0, 0.05) is 10.4 Å². The maximum absolute atomic E-state index is 13.3. The van der Waals surface area contributed by atoms with Gasteiger partial charge in [0.25, 0.3) is 0 Å². The van der Waals surface area contributed by atoms with Crippen molar-refractivity contribution in [2.24, 2.45) is 5.14 Å². The minimum atomic E-state index is -3.99. The van der Waals surface area contributed by atoms with E-state index >= 15 is 0 Å². The normalized spacial score (nSPS) is 22.8. The van der Waals surface area contributed by atoms with Crippen molar-refractivity contribution in [3.63, 3.8) is 0 Å². The number of amides is 4. The number of sulfonamides is 1. The number of hydrogen-bond acceptors (Lipinski definition) is 7. The first-order chi connectivity index (χ1) is 17.3. The van der Waals surface area contributed by atoms with Crippen LogP contribution in [0.4, 0.5) is 10.5 Å². The predicted molar refractivity (Wildman–Crippen MR) is 135 cm³/mol. The second-order valence-electron chi connectivity index (χ2n) is 9.10. The van der Waals surface area contributed by atoms with Gasteiger partial charge in [0.15, 0.2) is 0 Å². The van der Waals surface area contributed by atoms with Crippen LogP contribution in [0, 0.1) is 0 Å². The van der Waals surface area contributed by atoms with Crippen LogP contribution in [0.5, 0.6) is 0 Å². The molecule has 4 atom stereocenters. The molecule has 6 N–H and O–H groups in total. The number of nitrogens with one attached hydrogen (secondary N) is 3. The molecular formula is C23H25N5O7S2. The summed E-state index contributed by atoms with van der Waals surface area (Å²) in [4.78, 5) is 51.6. The number of hydrogen-bond donors (Lipinski definition) is 5. The Morgan fingerprint density at radius 3 is 2.41 bits per heavy atom. The molecule has 4 amide bonds. The minimum Gasteiger partial charge on any atom is -0.480 e. The van der Waals surface area contributed by atoms with Crippen molar-refractivity contribution < 1.29 is 32.7 Å². The molecule has 4 rings (SSSR count). The summed E-state index contributed by atoms with van der Waals surface area (Å²) in [7, 11) is -3.99. The van der Waals surface area contributed by atoms with E-state index in [1.807, 2.05) is 0 Å². The number of anilines is 1. The Balaban J connectivity index is 1.50. The van der Waals surface area contributed by atoms with E-state index in [-0.39, 0.29) is 10.6 Å². The topological polar surface area (TPSA) is 188 Å². The summed E-state index contributed by atoms with van der Waals surface area (Å²) >= 11 is 1.28. The molecule has 2 heterocycles. The van der Waals surface area contributed by atoms with Gasteiger partial charge in [-0.1, -0.05) is 36.4 Å². The van der Waals surface area contributed by atoms with Crippen LogP contribution in [-0.4, -0.2) is 64.4 Å². The fourth-order valence-electron chi connectivity index (χ4n) is 4.38. The lowest BCUT2D eigenvalue weighted by Crippen LogP contribution is -2.71. The Kier molecular flexibility index (Phi) is 6.92. The van der Waals surface area contributed by atoms with E-state index in [4.69, 9.17) is 5.14 Å². The smallest absolute Gasteiger partial charge is 0.327 e. The molecule has 2 aromatic carbocycles. The number of carboxylic acid groups (broad SMARTS) is 1. The average molecular weight is 548 g/mol. The number of carbonyl (C=O) groups is 4. The number of rotatable bonds is 7. The number of urea groups is 1. The highest BCUT2D eigenvalue weighted by Gasteiger charge is 2.64. The van der Waals surface area contributed by atoms with Gasteiger partial charge >= 0.3 is 12.0 Å². The van der Waals surface area contributed by atoms with Crippen molar-refractivity contribution in [3.8, 4) is 0 Å². The van der Waals surface area contributed by atoms with E-state index in [0.717, 1.165) is 0 Å². The first kappa shape index (κ1) is 26.4. The summed E-state index contributed by atoms with van der Waals surface area (Å²) in [6.45, 7) is 3.45. The molecule has 12 nitrogen and oxygen atoms in total. The van der Waals surface area contributed by atoms with E-state index in [9.17, 15) is 32.7 Å². The lowest BCUT2D eigenvalue weighted by Gasteiger charge is -2.44. The van der Waals surface area contributed by atoms with Gasteiger partial charge in [0.1, 0.15) is 23.5 Å². The quantitative estimate of drug-likeness (QED) is 0.315. The number of aliphatic carboxylic acids is 1. The van der Waals surface area contributed by atoms with E-state index in [1.165, 1.54) is 40.9 Å². The van der Waals surface area contributed by atoms with Crippen molar-refractivity contribution in [1.29, 1.82) is 0 Å². The SMILES string of the molecule is CC1(C)S[C@@H]2[C@H](NC(=O)[C@H](NC(=O)Nc3cccc(S(N)(=O)=O)c3)c3ccccc3)C(=O)N2[C@H]1C(=O)O. The fraction of sp³-hybridized carbons (Fsp3) is 0.304. The lowest BCUT2D eigenvalue weighted by molar-refractivity contribution is -0.161. The van der Waals surface area contributed by atoms with Crippen LogP contribution in [-0.2, 0) is 24.4 Å². The maximum atomic E-state index is 13.3. The van der Waals surface area contributed by atoms with Crippen LogP contribution in [0.2, 0.25) is 0 Å². The first-order valence-electron chi connectivity index (χ1n) is 11.1.